The van der Waals surface area contributed by atoms with E-state index in [2.05, 4.69) is 27.9 Å². The molecule has 2 aliphatic rings. The van der Waals surface area contributed by atoms with Gasteiger partial charge >= 0.3 is 0 Å². The fourth-order valence-corrected chi connectivity index (χ4v) is 3.86. The maximum atomic E-state index is 12.8. The number of methoxy groups -OCH3 is 1. The van der Waals surface area contributed by atoms with E-state index < -0.39 is 0 Å². The number of hydrogen-bond donors (Lipinski definition) is 0. The Morgan fingerprint density at radius 1 is 1.27 bits per heavy atom. The molecule has 2 aromatic heterocycles. The summed E-state index contributed by atoms with van der Waals surface area (Å²) in [6.45, 7) is 7.17. The van der Waals surface area contributed by atoms with Crippen LogP contribution in [0.15, 0.2) is 24.5 Å². The van der Waals surface area contributed by atoms with E-state index in [1.807, 2.05) is 24.1 Å². The second-order valence-corrected chi connectivity index (χ2v) is 7.22. The van der Waals surface area contributed by atoms with Gasteiger partial charge in [0.2, 0.25) is 11.8 Å². The number of rotatable bonds is 4. The number of aromatic nitrogens is 2. The molecule has 1 fully saturated rings. The molecule has 0 N–H and O–H groups in total. The topological polar surface area (TPSA) is 58.6 Å². The average Bonchev–Trinajstić information content (AvgIpc) is 3.07. The molecule has 2 aromatic rings. The maximum Gasteiger partial charge on any atom is 0.223 e. The van der Waals surface area contributed by atoms with E-state index in [9.17, 15) is 4.79 Å². The highest BCUT2D eigenvalue weighted by Crippen LogP contribution is 2.34. The van der Waals surface area contributed by atoms with Crippen LogP contribution in [0.4, 0.5) is 5.69 Å². The number of pyridine rings is 2. The Labute approximate surface area is 153 Å². The van der Waals surface area contributed by atoms with Gasteiger partial charge in [0.15, 0.2) is 0 Å². The van der Waals surface area contributed by atoms with E-state index in [-0.39, 0.29) is 5.91 Å². The van der Waals surface area contributed by atoms with Crippen LogP contribution in [0, 0.1) is 19.8 Å². The van der Waals surface area contributed by atoms with Gasteiger partial charge in [-0.05, 0) is 37.1 Å². The molecule has 26 heavy (non-hydrogen) atoms. The number of carbonyl (C=O) groups is 1. The molecule has 0 aromatic carbocycles. The zero-order valence-corrected chi connectivity index (χ0v) is 15.5. The molecular weight excluding hydrogens is 328 g/mol. The quantitative estimate of drug-likeness (QED) is 0.846. The molecule has 2 aliphatic heterocycles. The number of carbonyl (C=O) groups excluding carboxylic acids is 1. The highest BCUT2D eigenvalue weighted by atomic mass is 16.5. The Kier molecular flexibility index (Phi) is 4.26. The van der Waals surface area contributed by atoms with Gasteiger partial charge < -0.3 is 14.5 Å². The smallest absolute Gasteiger partial charge is 0.223 e. The van der Waals surface area contributed by atoms with Crippen LogP contribution in [0.2, 0.25) is 0 Å². The van der Waals surface area contributed by atoms with Crippen LogP contribution in [0.3, 0.4) is 0 Å². The molecular formula is C20H24N4O2. The predicted molar refractivity (Wildman–Crippen MR) is 99.1 cm³/mol. The maximum absolute atomic E-state index is 12.8. The van der Waals surface area contributed by atoms with Crippen LogP contribution in [0.5, 0.6) is 5.88 Å². The number of aryl methyl sites for hydroxylation is 1. The van der Waals surface area contributed by atoms with Crippen molar-refractivity contribution in [3.05, 3.63) is 46.9 Å². The summed E-state index contributed by atoms with van der Waals surface area (Å²) in [4.78, 5) is 25.7. The molecule has 1 amide bonds. The Morgan fingerprint density at radius 2 is 2.04 bits per heavy atom. The van der Waals surface area contributed by atoms with Gasteiger partial charge in [0.25, 0.3) is 0 Å². The molecule has 4 heterocycles. The second-order valence-electron chi connectivity index (χ2n) is 7.22. The van der Waals surface area contributed by atoms with Crippen molar-refractivity contribution in [3.63, 3.8) is 0 Å². The van der Waals surface area contributed by atoms with Crippen molar-refractivity contribution >= 4 is 11.6 Å². The summed E-state index contributed by atoms with van der Waals surface area (Å²) < 4.78 is 5.44. The standard InChI is InChI=1S/C20H24N4O2/c1-13-14(2)22-20(26-3)18-12-24(11-17(13)18)19(25)7-15-9-23(10-15)16-5-4-6-21-8-16/h4-6,8,15H,7,9-12H2,1-3H3. The molecule has 1 saturated heterocycles. The summed E-state index contributed by atoms with van der Waals surface area (Å²) in [7, 11) is 1.64. The van der Waals surface area contributed by atoms with Crippen molar-refractivity contribution in [1.82, 2.24) is 14.9 Å². The largest absolute Gasteiger partial charge is 0.481 e. The average molecular weight is 352 g/mol. The number of anilines is 1. The number of ether oxygens (including phenoxy) is 1. The minimum Gasteiger partial charge on any atom is -0.481 e. The van der Waals surface area contributed by atoms with Gasteiger partial charge in [0.1, 0.15) is 0 Å². The highest BCUT2D eigenvalue weighted by molar-refractivity contribution is 5.78. The first-order valence-corrected chi connectivity index (χ1v) is 9.02. The van der Waals surface area contributed by atoms with Gasteiger partial charge in [-0.15, -0.1) is 0 Å². The summed E-state index contributed by atoms with van der Waals surface area (Å²) >= 11 is 0. The zero-order chi connectivity index (χ0) is 18.3. The van der Waals surface area contributed by atoms with Crippen LogP contribution >= 0.6 is 0 Å². The Morgan fingerprint density at radius 3 is 2.73 bits per heavy atom. The highest BCUT2D eigenvalue weighted by Gasteiger charge is 2.34. The third kappa shape index (κ3) is 2.89. The molecule has 0 radical (unpaired) electrons. The van der Waals surface area contributed by atoms with Crippen LogP contribution in [-0.4, -0.2) is 41.0 Å². The second kappa shape index (κ2) is 6.59. The van der Waals surface area contributed by atoms with Gasteiger partial charge in [0, 0.05) is 49.4 Å². The molecule has 0 aliphatic carbocycles. The van der Waals surface area contributed by atoms with E-state index in [4.69, 9.17) is 4.74 Å². The van der Waals surface area contributed by atoms with E-state index >= 15 is 0 Å². The van der Waals surface area contributed by atoms with Crippen molar-refractivity contribution in [2.24, 2.45) is 5.92 Å². The van der Waals surface area contributed by atoms with Gasteiger partial charge in [-0.3, -0.25) is 9.78 Å². The van der Waals surface area contributed by atoms with Crippen molar-refractivity contribution in [3.8, 4) is 5.88 Å². The molecule has 136 valence electrons. The fourth-order valence-electron chi connectivity index (χ4n) is 3.86. The van der Waals surface area contributed by atoms with E-state index in [1.165, 1.54) is 11.1 Å². The molecule has 4 rings (SSSR count). The summed E-state index contributed by atoms with van der Waals surface area (Å²) in [6.07, 6.45) is 4.25. The first-order valence-electron chi connectivity index (χ1n) is 9.02. The van der Waals surface area contributed by atoms with E-state index in [0.29, 0.717) is 31.3 Å². The van der Waals surface area contributed by atoms with Gasteiger partial charge in [-0.1, -0.05) is 0 Å². The summed E-state index contributed by atoms with van der Waals surface area (Å²) in [5.41, 5.74) is 5.54. The number of hydrogen-bond acceptors (Lipinski definition) is 5. The number of amides is 1. The van der Waals surface area contributed by atoms with Crippen LogP contribution < -0.4 is 9.64 Å². The van der Waals surface area contributed by atoms with Crippen molar-refractivity contribution < 1.29 is 9.53 Å². The van der Waals surface area contributed by atoms with Crippen LogP contribution in [0.1, 0.15) is 28.8 Å². The lowest BCUT2D eigenvalue weighted by Crippen LogP contribution is -2.48. The van der Waals surface area contributed by atoms with Gasteiger partial charge in [-0.2, -0.15) is 0 Å². The van der Waals surface area contributed by atoms with Crippen LogP contribution in [-0.2, 0) is 17.9 Å². The molecule has 0 bridgehead atoms. The Bertz CT molecular complexity index is 831. The molecule has 6 heteroatoms. The monoisotopic (exact) mass is 352 g/mol. The van der Waals surface area contributed by atoms with Crippen molar-refractivity contribution in [2.45, 2.75) is 33.4 Å². The van der Waals surface area contributed by atoms with Gasteiger partial charge in [-0.25, -0.2) is 4.98 Å². The van der Waals surface area contributed by atoms with Crippen molar-refractivity contribution in [1.29, 1.82) is 0 Å². The van der Waals surface area contributed by atoms with Crippen LogP contribution in [0.25, 0.3) is 0 Å². The summed E-state index contributed by atoms with van der Waals surface area (Å²) in [6, 6.07) is 4.01. The first kappa shape index (κ1) is 16.8. The molecule has 0 unspecified atom stereocenters. The lowest BCUT2D eigenvalue weighted by atomic mass is 9.95. The lowest BCUT2D eigenvalue weighted by molar-refractivity contribution is -0.133. The third-order valence-electron chi connectivity index (χ3n) is 5.56. The number of nitrogens with zero attached hydrogens (tertiary/aromatic N) is 4. The molecule has 0 atom stereocenters. The minimum absolute atomic E-state index is 0.219. The first-order chi connectivity index (χ1) is 12.6. The van der Waals surface area contributed by atoms with Crippen molar-refractivity contribution in [2.75, 3.05) is 25.1 Å². The molecule has 0 spiro atoms. The van der Waals surface area contributed by atoms with Gasteiger partial charge in [0.05, 0.1) is 25.5 Å². The number of fused-ring (bicyclic) bond motifs is 1. The lowest BCUT2D eigenvalue weighted by Gasteiger charge is -2.41. The summed E-state index contributed by atoms with van der Waals surface area (Å²) in [5, 5.41) is 0. The molecule has 6 nitrogen and oxygen atoms in total. The fraction of sp³-hybridized carbons (Fsp3) is 0.450. The Hall–Kier alpha value is -2.63. The third-order valence-corrected chi connectivity index (χ3v) is 5.56. The minimum atomic E-state index is 0.219. The normalized spacial score (nSPS) is 16.4. The van der Waals surface area contributed by atoms with E-state index in [1.54, 1.807) is 13.3 Å². The predicted octanol–water partition coefficient (Wildman–Crippen LogP) is 2.47. The Balaban J connectivity index is 1.38. The zero-order valence-electron chi connectivity index (χ0n) is 15.5. The summed E-state index contributed by atoms with van der Waals surface area (Å²) in [5.74, 6) is 1.29. The van der Waals surface area contributed by atoms with E-state index in [0.717, 1.165) is 30.0 Å². The molecule has 0 saturated carbocycles. The SMILES string of the molecule is COc1nc(C)c(C)c2c1CN(C(=O)CC1CN(c3cccnc3)C1)C2.